The summed E-state index contributed by atoms with van der Waals surface area (Å²) in [6.45, 7) is 1.33. The highest BCUT2D eigenvalue weighted by molar-refractivity contribution is 7.97. The average molecular weight is 271 g/mol. The summed E-state index contributed by atoms with van der Waals surface area (Å²) in [4.78, 5) is 13.8. The van der Waals surface area contributed by atoms with E-state index >= 15 is 0 Å². The van der Waals surface area contributed by atoms with E-state index in [2.05, 4.69) is 0 Å². The Balaban J connectivity index is 2.00. The van der Waals surface area contributed by atoms with Crippen LogP contribution in [0.5, 0.6) is 0 Å². The van der Waals surface area contributed by atoms with Crippen LogP contribution in [0.2, 0.25) is 0 Å². The van der Waals surface area contributed by atoms with Crippen molar-refractivity contribution in [2.45, 2.75) is 11.9 Å². The van der Waals surface area contributed by atoms with Crippen molar-refractivity contribution in [3.8, 4) is 0 Å². The molecule has 1 aliphatic heterocycles. The number of carbonyl (C=O) groups excluding carboxylic acids is 1. The molecule has 6 heteroatoms. The molecule has 5 nitrogen and oxygen atoms in total. The van der Waals surface area contributed by atoms with E-state index in [0.29, 0.717) is 25.5 Å². The summed E-state index contributed by atoms with van der Waals surface area (Å²) in [5.41, 5.74) is 0. The van der Waals surface area contributed by atoms with E-state index in [1.54, 1.807) is 22.7 Å². The van der Waals surface area contributed by atoms with Gasteiger partial charge in [-0.05, 0) is 18.4 Å². The van der Waals surface area contributed by atoms with Gasteiger partial charge in [0.1, 0.15) is 5.76 Å². The first-order valence-electron chi connectivity index (χ1n) is 5.84. The second-order valence-corrected chi connectivity index (χ2v) is 4.99. The van der Waals surface area contributed by atoms with Crippen molar-refractivity contribution in [2.75, 3.05) is 32.6 Å². The van der Waals surface area contributed by atoms with Gasteiger partial charge >= 0.3 is 0 Å². The third-order valence-electron chi connectivity index (χ3n) is 2.79. The number of hydrogen-bond acceptors (Lipinski definition) is 5. The summed E-state index contributed by atoms with van der Waals surface area (Å²) in [5.74, 6) is 1.79. The quantitative estimate of drug-likeness (QED) is 0.884. The van der Waals surface area contributed by atoms with Crippen LogP contribution in [0.3, 0.4) is 0 Å². The number of rotatable bonds is 4. The van der Waals surface area contributed by atoms with Crippen molar-refractivity contribution in [1.29, 1.82) is 0 Å². The minimum absolute atomic E-state index is 0.0698. The fraction of sp³-hybridized carbons (Fsp3) is 0.583. The van der Waals surface area contributed by atoms with Gasteiger partial charge < -0.3 is 19.2 Å². The topological polar surface area (TPSA) is 62.9 Å². The van der Waals surface area contributed by atoms with E-state index < -0.39 is 0 Å². The van der Waals surface area contributed by atoms with E-state index in [-0.39, 0.29) is 18.6 Å². The molecule has 0 bridgehead atoms. The zero-order valence-electron chi connectivity index (χ0n) is 10.3. The molecule has 0 saturated carbocycles. The molecular formula is C12H17NO4S. The third kappa shape index (κ3) is 3.07. The number of amides is 1. The van der Waals surface area contributed by atoms with Gasteiger partial charge in [0, 0.05) is 13.1 Å². The molecule has 0 aliphatic carbocycles. The Morgan fingerprint density at radius 3 is 3.17 bits per heavy atom. The maximum absolute atomic E-state index is 12.2. The van der Waals surface area contributed by atoms with Crippen molar-refractivity contribution >= 4 is 17.7 Å². The van der Waals surface area contributed by atoms with Gasteiger partial charge in [-0.15, -0.1) is 0 Å². The molecule has 1 atom stereocenters. The number of morpholine rings is 1. The molecule has 1 unspecified atom stereocenters. The van der Waals surface area contributed by atoms with Crippen molar-refractivity contribution < 1.29 is 19.1 Å². The minimum atomic E-state index is -0.289. The molecule has 1 saturated heterocycles. The van der Waals surface area contributed by atoms with Crippen LogP contribution in [0.25, 0.3) is 0 Å². The Morgan fingerprint density at radius 2 is 2.44 bits per heavy atom. The fourth-order valence-corrected chi connectivity index (χ4v) is 2.32. The Hall–Kier alpha value is -0.980. The molecule has 1 fully saturated rings. The normalized spacial score (nSPS) is 20.1. The van der Waals surface area contributed by atoms with E-state index in [1.165, 1.54) is 0 Å². The van der Waals surface area contributed by atoms with Gasteiger partial charge in [-0.2, -0.15) is 11.8 Å². The summed E-state index contributed by atoms with van der Waals surface area (Å²) >= 11 is 1.65. The first-order chi connectivity index (χ1) is 8.74. The molecule has 2 heterocycles. The molecule has 0 aromatic carbocycles. The van der Waals surface area contributed by atoms with Crippen molar-refractivity contribution in [3.63, 3.8) is 0 Å². The highest BCUT2D eigenvalue weighted by Gasteiger charge is 2.26. The highest BCUT2D eigenvalue weighted by Crippen LogP contribution is 2.16. The Bertz CT molecular complexity index is 407. The highest BCUT2D eigenvalue weighted by atomic mass is 32.2. The van der Waals surface area contributed by atoms with E-state index in [9.17, 15) is 4.79 Å². The average Bonchev–Trinajstić information content (AvgIpc) is 2.87. The van der Waals surface area contributed by atoms with Crippen molar-refractivity contribution in [2.24, 2.45) is 0 Å². The van der Waals surface area contributed by atoms with Crippen LogP contribution in [0.15, 0.2) is 16.5 Å². The smallest absolute Gasteiger partial charge is 0.289 e. The summed E-state index contributed by atoms with van der Waals surface area (Å²) in [6.07, 6.45) is 1.70. The predicted octanol–water partition coefficient (Wildman–Crippen LogP) is 0.976. The van der Waals surface area contributed by atoms with Crippen LogP contribution in [-0.2, 0) is 10.5 Å². The van der Waals surface area contributed by atoms with Gasteiger partial charge in [0.15, 0.2) is 5.76 Å². The Morgan fingerprint density at radius 1 is 1.61 bits per heavy atom. The number of furan rings is 1. The largest absolute Gasteiger partial charge is 0.455 e. The summed E-state index contributed by atoms with van der Waals surface area (Å²) in [5, 5.41) is 9.05. The number of nitrogens with zero attached hydrogens (tertiary/aromatic N) is 1. The number of aliphatic hydroxyl groups is 1. The van der Waals surface area contributed by atoms with Crippen LogP contribution in [0.4, 0.5) is 0 Å². The molecule has 0 spiro atoms. The second-order valence-electron chi connectivity index (χ2n) is 4.13. The van der Waals surface area contributed by atoms with Crippen molar-refractivity contribution in [3.05, 3.63) is 23.7 Å². The van der Waals surface area contributed by atoms with Gasteiger partial charge in [0.2, 0.25) is 0 Å². The standard InChI is InChI=1S/C12H17NO4S/c1-18-8-9-2-3-11(17-9)12(15)13-4-5-16-10(6-13)7-14/h2-3,10,14H,4-8H2,1H3. The summed E-state index contributed by atoms with van der Waals surface area (Å²) in [7, 11) is 0. The summed E-state index contributed by atoms with van der Waals surface area (Å²) in [6, 6.07) is 3.53. The molecule has 0 radical (unpaired) electrons. The molecule has 1 amide bonds. The number of thioether (sulfide) groups is 1. The third-order valence-corrected chi connectivity index (χ3v) is 3.36. The minimum Gasteiger partial charge on any atom is -0.455 e. The van der Waals surface area contributed by atoms with Crippen LogP contribution < -0.4 is 0 Å². The number of aliphatic hydroxyl groups excluding tert-OH is 1. The molecule has 18 heavy (non-hydrogen) atoms. The molecule has 1 aromatic rings. The lowest BCUT2D eigenvalue weighted by atomic mass is 10.2. The summed E-state index contributed by atoms with van der Waals surface area (Å²) < 4.78 is 10.8. The Labute approximate surface area is 110 Å². The van der Waals surface area contributed by atoms with Crippen LogP contribution in [0, 0.1) is 0 Å². The first-order valence-corrected chi connectivity index (χ1v) is 7.23. The lowest BCUT2D eigenvalue weighted by Gasteiger charge is -2.31. The number of carbonyl (C=O) groups is 1. The predicted molar refractivity (Wildman–Crippen MR) is 68.7 cm³/mol. The van der Waals surface area contributed by atoms with Gasteiger partial charge in [-0.25, -0.2) is 0 Å². The van der Waals surface area contributed by atoms with Gasteiger partial charge in [-0.3, -0.25) is 4.79 Å². The lowest BCUT2D eigenvalue weighted by molar-refractivity contribution is -0.0454. The number of ether oxygens (including phenoxy) is 1. The van der Waals surface area contributed by atoms with Crippen molar-refractivity contribution in [1.82, 2.24) is 4.90 Å². The van der Waals surface area contributed by atoms with E-state index in [0.717, 1.165) is 11.5 Å². The van der Waals surface area contributed by atoms with Crippen LogP contribution >= 0.6 is 11.8 Å². The zero-order valence-corrected chi connectivity index (χ0v) is 11.1. The molecule has 2 rings (SSSR count). The fourth-order valence-electron chi connectivity index (χ4n) is 1.88. The van der Waals surface area contributed by atoms with Gasteiger partial charge in [-0.1, -0.05) is 0 Å². The Kier molecular flexibility index (Phi) is 4.68. The molecule has 1 aliphatic rings. The van der Waals surface area contributed by atoms with Crippen LogP contribution in [0.1, 0.15) is 16.3 Å². The van der Waals surface area contributed by atoms with Gasteiger partial charge in [0.25, 0.3) is 5.91 Å². The van der Waals surface area contributed by atoms with Gasteiger partial charge in [0.05, 0.1) is 25.1 Å². The molecule has 100 valence electrons. The number of hydrogen-bond donors (Lipinski definition) is 1. The van der Waals surface area contributed by atoms with Crippen LogP contribution in [-0.4, -0.2) is 54.6 Å². The SMILES string of the molecule is CSCc1ccc(C(=O)N2CCOC(CO)C2)o1. The van der Waals surface area contributed by atoms with E-state index in [1.807, 2.05) is 12.3 Å². The monoisotopic (exact) mass is 271 g/mol. The molecule has 1 N–H and O–H groups in total. The molecular weight excluding hydrogens is 254 g/mol. The zero-order chi connectivity index (χ0) is 13.0. The lowest BCUT2D eigenvalue weighted by Crippen LogP contribution is -2.46. The molecule has 1 aromatic heterocycles. The maximum atomic E-state index is 12.2. The first kappa shape index (κ1) is 13.5. The second kappa shape index (κ2) is 6.26. The van der Waals surface area contributed by atoms with E-state index in [4.69, 9.17) is 14.3 Å². The maximum Gasteiger partial charge on any atom is 0.289 e.